The van der Waals surface area contributed by atoms with Crippen molar-refractivity contribution < 1.29 is 19.2 Å². The minimum absolute atomic E-state index is 0.0727. The molecule has 0 aliphatic carbocycles. The van der Waals surface area contributed by atoms with Gasteiger partial charge in [0, 0.05) is 12.1 Å². The van der Waals surface area contributed by atoms with Crippen molar-refractivity contribution in [2.45, 2.75) is 19.4 Å². The largest absolute Gasteiger partial charge is 0.514 e. The van der Waals surface area contributed by atoms with E-state index in [4.69, 9.17) is 9.47 Å². The molecule has 114 valence electrons. The molecule has 0 amide bonds. The van der Waals surface area contributed by atoms with E-state index in [9.17, 15) is 14.9 Å². The van der Waals surface area contributed by atoms with E-state index in [0.29, 0.717) is 6.42 Å². The van der Waals surface area contributed by atoms with E-state index in [-0.39, 0.29) is 11.4 Å². The van der Waals surface area contributed by atoms with Gasteiger partial charge in [-0.2, -0.15) is 0 Å². The number of nitro groups is 1. The second-order valence-electron chi connectivity index (χ2n) is 4.53. The Morgan fingerprint density at radius 3 is 2.32 bits per heavy atom. The molecule has 0 N–H and O–H groups in total. The number of hydrogen-bond donors (Lipinski definition) is 0. The topological polar surface area (TPSA) is 78.7 Å². The molecular weight excluding hydrogens is 286 g/mol. The van der Waals surface area contributed by atoms with Crippen LogP contribution in [-0.2, 0) is 4.74 Å². The molecule has 1 unspecified atom stereocenters. The van der Waals surface area contributed by atoms with Crippen LogP contribution in [0.3, 0.4) is 0 Å². The molecule has 0 heterocycles. The van der Waals surface area contributed by atoms with Gasteiger partial charge in [0.25, 0.3) is 5.69 Å². The molecule has 0 aliphatic rings. The summed E-state index contributed by atoms with van der Waals surface area (Å²) in [4.78, 5) is 21.8. The first-order chi connectivity index (χ1) is 10.6. The average molecular weight is 301 g/mol. The number of nitrogens with zero attached hydrogens (tertiary/aromatic N) is 1. The van der Waals surface area contributed by atoms with Crippen molar-refractivity contribution in [3.8, 4) is 5.75 Å². The summed E-state index contributed by atoms with van der Waals surface area (Å²) in [6.45, 7) is 1.90. The summed E-state index contributed by atoms with van der Waals surface area (Å²) < 4.78 is 10.3. The SMILES string of the molecule is CCC(OC(=O)Oc1ccc([N+](=O)[O-])cc1)c1ccccc1. The fraction of sp³-hybridized carbons (Fsp3) is 0.188. The van der Waals surface area contributed by atoms with Crippen LogP contribution < -0.4 is 4.74 Å². The molecule has 0 aromatic heterocycles. The number of non-ortho nitro benzene ring substituents is 1. The maximum absolute atomic E-state index is 11.8. The molecular formula is C16H15NO5. The predicted molar refractivity (Wildman–Crippen MR) is 79.7 cm³/mol. The molecule has 2 aromatic carbocycles. The minimum Gasteiger partial charge on any atom is -0.426 e. The second-order valence-corrected chi connectivity index (χ2v) is 4.53. The summed E-state index contributed by atoms with van der Waals surface area (Å²) in [5, 5.41) is 10.5. The number of carbonyl (C=O) groups excluding carboxylic acids is 1. The maximum atomic E-state index is 11.8. The van der Waals surface area contributed by atoms with Gasteiger partial charge in [0.2, 0.25) is 0 Å². The standard InChI is InChI=1S/C16H15NO5/c1-2-15(12-6-4-3-5-7-12)22-16(18)21-14-10-8-13(9-11-14)17(19)20/h3-11,15H,2H2,1H3. The molecule has 1 atom stereocenters. The molecule has 22 heavy (non-hydrogen) atoms. The highest BCUT2D eigenvalue weighted by atomic mass is 16.7. The van der Waals surface area contributed by atoms with Gasteiger partial charge in [-0.3, -0.25) is 10.1 Å². The summed E-state index contributed by atoms with van der Waals surface area (Å²) in [5.41, 5.74) is 0.807. The number of rotatable bonds is 5. The Morgan fingerprint density at radius 2 is 1.77 bits per heavy atom. The summed E-state index contributed by atoms with van der Waals surface area (Å²) in [6.07, 6.45) is -0.629. The van der Waals surface area contributed by atoms with E-state index in [2.05, 4.69) is 0 Å². The molecule has 0 spiro atoms. The molecule has 0 bridgehead atoms. The van der Waals surface area contributed by atoms with Crippen molar-refractivity contribution in [2.24, 2.45) is 0 Å². The van der Waals surface area contributed by atoms with Crippen LogP contribution in [0.1, 0.15) is 25.0 Å². The molecule has 0 aliphatic heterocycles. The lowest BCUT2D eigenvalue weighted by atomic mass is 10.1. The van der Waals surface area contributed by atoms with Gasteiger partial charge in [-0.05, 0) is 24.1 Å². The van der Waals surface area contributed by atoms with Crippen molar-refractivity contribution in [3.63, 3.8) is 0 Å². The van der Waals surface area contributed by atoms with E-state index in [1.54, 1.807) is 0 Å². The Hall–Kier alpha value is -2.89. The highest BCUT2D eigenvalue weighted by Gasteiger charge is 2.16. The Kier molecular flexibility index (Phi) is 5.08. The highest BCUT2D eigenvalue weighted by molar-refractivity contribution is 5.64. The van der Waals surface area contributed by atoms with Gasteiger partial charge in [0.1, 0.15) is 11.9 Å². The smallest absolute Gasteiger partial charge is 0.426 e. The first-order valence-corrected chi connectivity index (χ1v) is 6.78. The first kappa shape index (κ1) is 15.5. The van der Waals surface area contributed by atoms with Gasteiger partial charge >= 0.3 is 6.16 Å². The fourth-order valence-electron chi connectivity index (χ4n) is 1.93. The maximum Gasteiger partial charge on any atom is 0.514 e. The van der Waals surface area contributed by atoms with Crippen molar-refractivity contribution >= 4 is 11.8 Å². The Bertz CT molecular complexity index is 639. The zero-order chi connectivity index (χ0) is 15.9. The van der Waals surface area contributed by atoms with Crippen molar-refractivity contribution in [3.05, 3.63) is 70.3 Å². The lowest BCUT2D eigenvalue weighted by Gasteiger charge is -2.16. The normalized spacial score (nSPS) is 11.5. The van der Waals surface area contributed by atoms with E-state index < -0.39 is 17.2 Å². The summed E-state index contributed by atoms with van der Waals surface area (Å²) in [6, 6.07) is 14.6. The van der Waals surface area contributed by atoms with Crippen LogP contribution >= 0.6 is 0 Å². The molecule has 0 fully saturated rings. The van der Waals surface area contributed by atoms with Gasteiger partial charge < -0.3 is 9.47 Å². The van der Waals surface area contributed by atoms with E-state index in [1.165, 1.54) is 24.3 Å². The van der Waals surface area contributed by atoms with Crippen LogP contribution in [0.2, 0.25) is 0 Å². The molecule has 2 rings (SSSR count). The lowest BCUT2D eigenvalue weighted by Crippen LogP contribution is -2.14. The third-order valence-corrected chi connectivity index (χ3v) is 3.03. The molecule has 6 nitrogen and oxygen atoms in total. The monoisotopic (exact) mass is 301 g/mol. The van der Waals surface area contributed by atoms with Gasteiger partial charge in [-0.25, -0.2) is 4.79 Å². The van der Waals surface area contributed by atoms with Gasteiger partial charge in [-0.15, -0.1) is 0 Å². The van der Waals surface area contributed by atoms with Crippen LogP contribution in [0.5, 0.6) is 5.75 Å². The first-order valence-electron chi connectivity index (χ1n) is 6.78. The van der Waals surface area contributed by atoms with Gasteiger partial charge in [0.15, 0.2) is 0 Å². The summed E-state index contributed by atoms with van der Waals surface area (Å²) >= 11 is 0. The number of carbonyl (C=O) groups is 1. The zero-order valence-corrected chi connectivity index (χ0v) is 12.0. The Labute approximate surface area is 127 Å². The zero-order valence-electron chi connectivity index (χ0n) is 12.0. The van der Waals surface area contributed by atoms with Crippen LogP contribution in [0.25, 0.3) is 0 Å². The minimum atomic E-state index is -0.843. The fourth-order valence-corrected chi connectivity index (χ4v) is 1.93. The third-order valence-electron chi connectivity index (χ3n) is 3.03. The molecule has 0 saturated carbocycles. The molecule has 2 aromatic rings. The van der Waals surface area contributed by atoms with E-state index >= 15 is 0 Å². The Morgan fingerprint density at radius 1 is 1.14 bits per heavy atom. The van der Waals surface area contributed by atoms with Crippen molar-refractivity contribution in [2.75, 3.05) is 0 Å². The number of nitro benzene ring substituents is 1. The average Bonchev–Trinajstić information content (AvgIpc) is 2.54. The number of hydrogen-bond acceptors (Lipinski definition) is 5. The summed E-state index contributed by atoms with van der Waals surface area (Å²) in [7, 11) is 0. The van der Waals surface area contributed by atoms with Gasteiger partial charge in [-0.1, -0.05) is 37.3 Å². The summed E-state index contributed by atoms with van der Waals surface area (Å²) in [5.74, 6) is 0.193. The van der Waals surface area contributed by atoms with E-state index in [0.717, 1.165) is 5.56 Å². The van der Waals surface area contributed by atoms with Crippen LogP contribution in [0, 0.1) is 10.1 Å². The van der Waals surface area contributed by atoms with Crippen LogP contribution in [0.15, 0.2) is 54.6 Å². The lowest BCUT2D eigenvalue weighted by molar-refractivity contribution is -0.384. The predicted octanol–water partition coefficient (Wildman–Crippen LogP) is 4.26. The molecule has 0 saturated heterocycles. The third kappa shape index (κ3) is 4.05. The molecule has 0 radical (unpaired) electrons. The number of benzene rings is 2. The van der Waals surface area contributed by atoms with Crippen LogP contribution in [0.4, 0.5) is 10.5 Å². The van der Waals surface area contributed by atoms with Gasteiger partial charge in [0.05, 0.1) is 4.92 Å². The number of ether oxygens (including phenoxy) is 2. The highest BCUT2D eigenvalue weighted by Crippen LogP contribution is 2.23. The van der Waals surface area contributed by atoms with Crippen molar-refractivity contribution in [1.82, 2.24) is 0 Å². The van der Waals surface area contributed by atoms with Crippen molar-refractivity contribution in [1.29, 1.82) is 0 Å². The van der Waals surface area contributed by atoms with Crippen LogP contribution in [-0.4, -0.2) is 11.1 Å². The van der Waals surface area contributed by atoms with E-state index in [1.807, 2.05) is 37.3 Å². The Balaban J connectivity index is 1.98. The second kappa shape index (κ2) is 7.21. The molecule has 6 heteroatoms. The quantitative estimate of drug-likeness (QED) is 0.357.